The molecule has 0 bridgehead atoms. The number of methoxy groups -OCH3 is 2. The molecule has 4 nitrogen and oxygen atoms in total. The average Bonchev–Trinajstić information content (AvgIpc) is 2.65. The second-order valence-corrected chi connectivity index (χ2v) is 6.89. The van der Waals surface area contributed by atoms with E-state index in [2.05, 4.69) is 55.1 Å². The molecule has 1 aliphatic rings. The number of ether oxygens (including phenoxy) is 2. The van der Waals surface area contributed by atoms with Crippen molar-refractivity contribution in [3.63, 3.8) is 0 Å². The van der Waals surface area contributed by atoms with Crippen LogP contribution in [-0.2, 0) is 0 Å². The zero-order valence-corrected chi connectivity index (χ0v) is 15.8. The number of piperazine rings is 1. The molecule has 134 valence electrons. The zero-order valence-electron chi connectivity index (χ0n) is 15.8. The normalized spacial score (nSPS) is 24.9. The van der Waals surface area contributed by atoms with Gasteiger partial charge >= 0.3 is 0 Å². The molecule has 3 atom stereocenters. The summed E-state index contributed by atoms with van der Waals surface area (Å²) in [6.07, 6.45) is 0. The van der Waals surface area contributed by atoms with E-state index < -0.39 is 0 Å². The van der Waals surface area contributed by atoms with Crippen molar-refractivity contribution in [3.05, 3.63) is 59.7 Å². The van der Waals surface area contributed by atoms with E-state index >= 15 is 0 Å². The first-order valence-corrected chi connectivity index (χ1v) is 8.75. The van der Waals surface area contributed by atoms with Gasteiger partial charge in [0.05, 0.1) is 26.3 Å². The van der Waals surface area contributed by atoms with Gasteiger partial charge in [-0.05, 0) is 56.4 Å². The van der Waals surface area contributed by atoms with E-state index in [-0.39, 0.29) is 6.04 Å². The van der Waals surface area contributed by atoms with E-state index in [0.29, 0.717) is 12.1 Å². The highest BCUT2D eigenvalue weighted by Gasteiger charge is 2.38. The molecular weight excluding hydrogens is 312 g/mol. The molecule has 0 N–H and O–H groups in total. The third-order valence-electron chi connectivity index (χ3n) is 5.37. The molecule has 25 heavy (non-hydrogen) atoms. The average molecular weight is 340 g/mol. The first-order chi connectivity index (χ1) is 12.0. The van der Waals surface area contributed by atoms with Crippen molar-refractivity contribution < 1.29 is 9.47 Å². The van der Waals surface area contributed by atoms with Gasteiger partial charge in [0, 0.05) is 12.6 Å². The minimum atomic E-state index is 0.285. The standard InChI is InChI=1S/C21H28N2O2/c1-15-14-22(2)20(16-6-10-18(24-4)11-7-16)21(23(15)3)17-8-12-19(25-5)13-9-17/h6-13,15,20-21H,14H2,1-5H3/t15-,20+,21+/m0/s1. The molecule has 4 heteroatoms. The van der Waals surface area contributed by atoms with Gasteiger partial charge in [0.25, 0.3) is 0 Å². The summed E-state index contributed by atoms with van der Waals surface area (Å²) in [7, 11) is 7.85. The highest BCUT2D eigenvalue weighted by Crippen LogP contribution is 2.42. The van der Waals surface area contributed by atoms with Crippen molar-refractivity contribution in [2.75, 3.05) is 34.9 Å². The molecule has 0 unspecified atom stereocenters. The van der Waals surface area contributed by atoms with Gasteiger partial charge in [-0.15, -0.1) is 0 Å². The van der Waals surface area contributed by atoms with Crippen molar-refractivity contribution in [1.29, 1.82) is 0 Å². The van der Waals surface area contributed by atoms with Crippen LogP contribution in [0, 0.1) is 0 Å². The van der Waals surface area contributed by atoms with Crippen molar-refractivity contribution >= 4 is 0 Å². The van der Waals surface area contributed by atoms with Gasteiger partial charge in [0.2, 0.25) is 0 Å². The summed E-state index contributed by atoms with van der Waals surface area (Å²) in [5, 5.41) is 0. The minimum absolute atomic E-state index is 0.285. The van der Waals surface area contributed by atoms with Crippen LogP contribution in [0.15, 0.2) is 48.5 Å². The molecule has 2 aromatic carbocycles. The molecule has 0 amide bonds. The molecule has 0 aliphatic carbocycles. The number of rotatable bonds is 4. The molecule has 1 saturated heterocycles. The van der Waals surface area contributed by atoms with Crippen LogP contribution < -0.4 is 9.47 Å². The molecule has 2 aromatic rings. The molecule has 1 fully saturated rings. The summed E-state index contributed by atoms with van der Waals surface area (Å²) in [4.78, 5) is 4.94. The van der Waals surface area contributed by atoms with Crippen LogP contribution in [0.4, 0.5) is 0 Å². The molecule has 0 aromatic heterocycles. The highest BCUT2D eigenvalue weighted by molar-refractivity contribution is 5.35. The van der Waals surface area contributed by atoms with Crippen molar-refractivity contribution in [2.45, 2.75) is 25.0 Å². The number of benzene rings is 2. The Hall–Kier alpha value is -2.04. The Morgan fingerprint density at radius 1 is 0.760 bits per heavy atom. The van der Waals surface area contributed by atoms with Gasteiger partial charge in [-0.2, -0.15) is 0 Å². The maximum Gasteiger partial charge on any atom is 0.118 e. The monoisotopic (exact) mass is 340 g/mol. The smallest absolute Gasteiger partial charge is 0.118 e. The van der Waals surface area contributed by atoms with Crippen LogP contribution in [0.1, 0.15) is 30.1 Å². The van der Waals surface area contributed by atoms with Crippen molar-refractivity contribution in [1.82, 2.24) is 9.80 Å². The van der Waals surface area contributed by atoms with Gasteiger partial charge < -0.3 is 9.47 Å². The molecule has 0 spiro atoms. The Kier molecular flexibility index (Phi) is 5.30. The van der Waals surface area contributed by atoms with Gasteiger partial charge in [0.15, 0.2) is 0 Å². The maximum atomic E-state index is 5.32. The van der Waals surface area contributed by atoms with E-state index in [1.54, 1.807) is 14.2 Å². The van der Waals surface area contributed by atoms with Crippen LogP contribution in [0.25, 0.3) is 0 Å². The lowest BCUT2D eigenvalue weighted by atomic mass is 9.87. The van der Waals surface area contributed by atoms with E-state index in [1.807, 2.05) is 24.3 Å². The highest BCUT2D eigenvalue weighted by atomic mass is 16.5. The van der Waals surface area contributed by atoms with Crippen molar-refractivity contribution in [2.24, 2.45) is 0 Å². The Labute approximate surface area is 151 Å². The second kappa shape index (κ2) is 7.46. The minimum Gasteiger partial charge on any atom is -0.497 e. The number of nitrogens with zero attached hydrogens (tertiary/aromatic N) is 2. The summed E-state index contributed by atoms with van der Waals surface area (Å²) >= 11 is 0. The van der Waals surface area contributed by atoms with Crippen LogP contribution in [0.5, 0.6) is 11.5 Å². The van der Waals surface area contributed by atoms with Crippen LogP contribution in [0.2, 0.25) is 0 Å². The third-order valence-corrected chi connectivity index (χ3v) is 5.37. The summed E-state index contributed by atoms with van der Waals surface area (Å²) in [5.41, 5.74) is 2.62. The van der Waals surface area contributed by atoms with Crippen LogP contribution >= 0.6 is 0 Å². The summed E-state index contributed by atoms with van der Waals surface area (Å²) in [6.45, 7) is 3.33. The lowest BCUT2D eigenvalue weighted by Crippen LogP contribution is -2.52. The second-order valence-electron chi connectivity index (χ2n) is 6.89. The fraction of sp³-hybridized carbons (Fsp3) is 0.429. The molecule has 1 heterocycles. The predicted octanol–water partition coefficient (Wildman–Crippen LogP) is 3.75. The van der Waals surface area contributed by atoms with E-state index in [9.17, 15) is 0 Å². The van der Waals surface area contributed by atoms with Gasteiger partial charge in [0.1, 0.15) is 11.5 Å². The SMILES string of the molecule is COc1ccc([C@@H]2[C@@H](c3ccc(OC)cc3)N(C)[C@@H](C)CN2C)cc1. The largest absolute Gasteiger partial charge is 0.497 e. The number of likely N-dealkylation sites (N-methyl/N-ethyl adjacent to an activating group) is 2. The lowest BCUT2D eigenvalue weighted by molar-refractivity contribution is 0.0121. The van der Waals surface area contributed by atoms with E-state index in [0.717, 1.165) is 18.0 Å². The summed E-state index contributed by atoms with van der Waals surface area (Å²) in [5.74, 6) is 1.79. The Morgan fingerprint density at radius 3 is 1.64 bits per heavy atom. The summed E-state index contributed by atoms with van der Waals surface area (Å²) in [6, 6.07) is 18.0. The first-order valence-electron chi connectivity index (χ1n) is 8.75. The molecule has 3 rings (SSSR count). The zero-order chi connectivity index (χ0) is 18.0. The first kappa shape index (κ1) is 17.8. The molecule has 1 aliphatic heterocycles. The fourth-order valence-electron chi connectivity index (χ4n) is 3.85. The van der Waals surface area contributed by atoms with Crippen LogP contribution in [0.3, 0.4) is 0 Å². The molecule has 0 radical (unpaired) electrons. The van der Waals surface area contributed by atoms with Gasteiger partial charge in [-0.3, -0.25) is 9.80 Å². The van der Waals surface area contributed by atoms with Gasteiger partial charge in [-0.1, -0.05) is 24.3 Å². The van der Waals surface area contributed by atoms with E-state index in [1.165, 1.54) is 11.1 Å². The summed E-state index contributed by atoms with van der Waals surface area (Å²) < 4.78 is 10.6. The molecular formula is C21H28N2O2. The Bertz CT molecular complexity index is 684. The van der Waals surface area contributed by atoms with Crippen LogP contribution in [-0.4, -0.2) is 50.7 Å². The predicted molar refractivity (Wildman–Crippen MR) is 101 cm³/mol. The van der Waals surface area contributed by atoms with Crippen molar-refractivity contribution in [3.8, 4) is 11.5 Å². The van der Waals surface area contributed by atoms with Gasteiger partial charge in [-0.25, -0.2) is 0 Å². The topological polar surface area (TPSA) is 24.9 Å². The maximum absolute atomic E-state index is 5.32. The number of hydrogen-bond donors (Lipinski definition) is 0. The van der Waals surface area contributed by atoms with E-state index in [4.69, 9.17) is 9.47 Å². The molecule has 0 saturated carbocycles. The number of hydrogen-bond acceptors (Lipinski definition) is 4. The quantitative estimate of drug-likeness (QED) is 0.846. The third kappa shape index (κ3) is 3.51. The Balaban J connectivity index is 2.00. The Morgan fingerprint density at radius 2 is 1.20 bits per heavy atom. The fourth-order valence-corrected chi connectivity index (χ4v) is 3.85. The lowest BCUT2D eigenvalue weighted by Gasteiger charge is -2.49.